The van der Waals surface area contributed by atoms with Crippen molar-refractivity contribution in [3.8, 4) is 5.75 Å². The predicted molar refractivity (Wildman–Crippen MR) is 126 cm³/mol. The Balaban J connectivity index is 1.25. The van der Waals surface area contributed by atoms with Gasteiger partial charge >= 0.3 is 0 Å². The molecule has 2 heterocycles. The minimum absolute atomic E-state index is 0.148. The number of methoxy groups -OCH3 is 1. The average Bonchev–Trinajstić information content (AvgIpc) is 3.30. The lowest BCUT2D eigenvalue weighted by molar-refractivity contribution is 0.0833. The summed E-state index contributed by atoms with van der Waals surface area (Å²) < 4.78 is 33.8. The lowest BCUT2D eigenvalue weighted by Gasteiger charge is -2.44. The Bertz CT molecular complexity index is 1040. The first-order valence-corrected chi connectivity index (χ1v) is 13.1. The summed E-state index contributed by atoms with van der Waals surface area (Å²) in [6, 6.07) is 8.69. The number of rotatable bonds is 5. The van der Waals surface area contributed by atoms with Crippen molar-refractivity contribution in [2.45, 2.75) is 37.6 Å². The first-order chi connectivity index (χ1) is 15.6. The maximum atomic E-state index is 13.5. The summed E-state index contributed by atoms with van der Waals surface area (Å²) in [5.74, 6) is 1.59. The summed E-state index contributed by atoms with van der Waals surface area (Å²) in [6.45, 7) is 4.61. The molecule has 0 spiro atoms. The number of hydrogen-bond acceptors (Lipinski definition) is 6. The zero-order valence-electron chi connectivity index (χ0n) is 18.7. The van der Waals surface area contributed by atoms with Crippen LogP contribution < -0.4 is 4.74 Å². The van der Waals surface area contributed by atoms with E-state index >= 15 is 0 Å². The number of ether oxygens (including phenoxy) is 1. The van der Waals surface area contributed by atoms with Crippen molar-refractivity contribution in [1.29, 1.82) is 0 Å². The molecule has 4 aliphatic rings. The molecular weight excluding hydrogens is 424 g/mol. The number of sulfonamides is 1. The molecule has 8 heteroatoms. The summed E-state index contributed by atoms with van der Waals surface area (Å²) in [5.41, 5.74) is 1.13. The van der Waals surface area contributed by atoms with Gasteiger partial charge < -0.3 is 9.64 Å². The van der Waals surface area contributed by atoms with Gasteiger partial charge in [0.2, 0.25) is 5.96 Å². The molecule has 5 rings (SSSR count). The van der Waals surface area contributed by atoms with Gasteiger partial charge in [-0.05, 0) is 43.0 Å². The van der Waals surface area contributed by atoms with E-state index in [9.17, 15) is 8.42 Å². The molecule has 172 valence electrons. The zero-order valence-corrected chi connectivity index (χ0v) is 19.5. The van der Waals surface area contributed by atoms with Gasteiger partial charge in [-0.2, -0.15) is 0 Å². The smallest absolute Gasteiger partial charge is 0.266 e. The van der Waals surface area contributed by atoms with Crippen molar-refractivity contribution in [1.82, 2.24) is 14.1 Å². The van der Waals surface area contributed by atoms with Crippen LogP contribution in [0, 0.1) is 0 Å². The molecule has 2 aliphatic heterocycles. The SMILES string of the molecule is COc1cccc(C2C=CC(S(=O)(=O)N3CCN=C3N3CCN(C4CCC4)CC3)=CC2)c1. The maximum Gasteiger partial charge on any atom is 0.266 e. The molecule has 2 aliphatic carbocycles. The van der Waals surface area contributed by atoms with Crippen LogP contribution in [0.1, 0.15) is 37.2 Å². The molecule has 1 atom stereocenters. The molecule has 0 bridgehead atoms. The van der Waals surface area contributed by atoms with Crippen molar-refractivity contribution < 1.29 is 13.2 Å². The van der Waals surface area contributed by atoms with E-state index in [4.69, 9.17) is 4.74 Å². The Labute approximate surface area is 191 Å². The van der Waals surface area contributed by atoms with Crippen LogP contribution in [0.4, 0.5) is 0 Å². The fraction of sp³-hybridized carbons (Fsp3) is 0.542. The molecule has 1 aromatic carbocycles. The van der Waals surface area contributed by atoms with E-state index in [0.29, 0.717) is 30.4 Å². The average molecular weight is 457 g/mol. The third-order valence-electron chi connectivity index (χ3n) is 7.14. The van der Waals surface area contributed by atoms with E-state index < -0.39 is 10.0 Å². The highest BCUT2D eigenvalue weighted by Crippen LogP contribution is 2.32. The Morgan fingerprint density at radius 1 is 1.09 bits per heavy atom. The van der Waals surface area contributed by atoms with Crippen LogP contribution >= 0.6 is 0 Å². The maximum absolute atomic E-state index is 13.5. The monoisotopic (exact) mass is 456 g/mol. The second-order valence-corrected chi connectivity index (χ2v) is 10.8. The molecule has 32 heavy (non-hydrogen) atoms. The molecule has 0 aromatic heterocycles. The van der Waals surface area contributed by atoms with E-state index in [1.165, 1.54) is 23.6 Å². The number of nitrogens with zero attached hydrogens (tertiary/aromatic N) is 4. The van der Waals surface area contributed by atoms with E-state index in [1.807, 2.05) is 30.4 Å². The van der Waals surface area contributed by atoms with E-state index in [-0.39, 0.29) is 5.92 Å². The third-order valence-corrected chi connectivity index (χ3v) is 8.97. The molecule has 0 amide bonds. The molecular formula is C24H32N4O3S. The highest BCUT2D eigenvalue weighted by atomic mass is 32.2. The van der Waals surface area contributed by atoms with Crippen molar-refractivity contribution in [3.05, 3.63) is 53.0 Å². The zero-order chi connectivity index (χ0) is 22.1. The van der Waals surface area contributed by atoms with Gasteiger partial charge in [0.1, 0.15) is 5.75 Å². The Morgan fingerprint density at radius 3 is 2.56 bits per heavy atom. The molecule has 1 unspecified atom stereocenters. The van der Waals surface area contributed by atoms with Crippen LogP contribution in [0.3, 0.4) is 0 Å². The van der Waals surface area contributed by atoms with Gasteiger partial charge in [-0.1, -0.05) is 30.7 Å². The lowest BCUT2D eigenvalue weighted by atomic mass is 9.91. The minimum Gasteiger partial charge on any atom is -0.497 e. The summed E-state index contributed by atoms with van der Waals surface area (Å²) in [5, 5.41) is 0. The highest BCUT2D eigenvalue weighted by molar-refractivity contribution is 7.93. The Morgan fingerprint density at radius 2 is 1.91 bits per heavy atom. The first-order valence-electron chi connectivity index (χ1n) is 11.6. The number of benzene rings is 1. The van der Waals surface area contributed by atoms with Gasteiger partial charge in [-0.3, -0.25) is 9.89 Å². The van der Waals surface area contributed by atoms with E-state index in [2.05, 4.69) is 20.9 Å². The normalized spacial score (nSPS) is 24.8. The molecule has 1 aromatic rings. The number of allylic oxidation sites excluding steroid dienone is 3. The van der Waals surface area contributed by atoms with Crippen LogP contribution in [0.2, 0.25) is 0 Å². The van der Waals surface area contributed by atoms with Crippen molar-refractivity contribution in [3.63, 3.8) is 0 Å². The van der Waals surface area contributed by atoms with E-state index in [1.54, 1.807) is 13.2 Å². The van der Waals surface area contributed by atoms with Crippen LogP contribution in [-0.2, 0) is 10.0 Å². The molecule has 7 nitrogen and oxygen atoms in total. The fourth-order valence-corrected chi connectivity index (χ4v) is 6.50. The number of piperazine rings is 1. The summed E-state index contributed by atoms with van der Waals surface area (Å²) in [4.78, 5) is 9.68. The molecule has 1 saturated heterocycles. The van der Waals surface area contributed by atoms with Crippen molar-refractivity contribution in [2.24, 2.45) is 4.99 Å². The van der Waals surface area contributed by atoms with Crippen molar-refractivity contribution in [2.75, 3.05) is 46.4 Å². The predicted octanol–water partition coefficient (Wildman–Crippen LogP) is 2.79. The van der Waals surface area contributed by atoms with Crippen LogP contribution in [0.25, 0.3) is 0 Å². The second-order valence-electron chi connectivity index (χ2n) is 8.95. The Kier molecular flexibility index (Phi) is 5.99. The molecule has 0 radical (unpaired) electrons. The number of hydrogen-bond donors (Lipinski definition) is 0. The quantitative estimate of drug-likeness (QED) is 0.682. The van der Waals surface area contributed by atoms with Crippen molar-refractivity contribution >= 4 is 16.0 Å². The van der Waals surface area contributed by atoms with Gasteiger partial charge in [0.25, 0.3) is 10.0 Å². The van der Waals surface area contributed by atoms with Crippen LogP contribution in [0.5, 0.6) is 5.75 Å². The molecule has 1 saturated carbocycles. The second kappa shape index (κ2) is 8.90. The minimum atomic E-state index is -3.61. The van der Waals surface area contributed by atoms with Gasteiger partial charge in [0.05, 0.1) is 25.1 Å². The van der Waals surface area contributed by atoms with Gasteiger partial charge in [-0.15, -0.1) is 0 Å². The standard InChI is InChI=1S/C24H32N4O3S/c1-31-22-7-2-4-20(18-22)19-8-10-23(11-9-19)32(29,30)28-13-12-25-24(28)27-16-14-26(15-17-27)21-5-3-6-21/h2,4,7-8,10-11,18-19,21H,3,5-6,9,12-17H2,1H3. The van der Waals surface area contributed by atoms with Crippen LogP contribution in [-0.4, -0.2) is 80.9 Å². The topological polar surface area (TPSA) is 65.5 Å². The molecule has 2 fully saturated rings. The van der Waals surface area contributed by atoms with Crippen LogP contribution in [0.15, 0.2) is 52.4 Å². The summed E-state index contributed by atoms with van der Waals surface area (Å²) in [6.07, 6.45) is 10.2. The van der Waals surface area contributed by atoms with E-state index in [0.717, 1.165) is 43.5 Å². The fourth-order valence-electron chi connectivity index (χ4n) is 4.98. The number of guanidine groups is 1. The largest absolute Gasteiger partial charge is 0.497 e. The molecule has 0 N–H and O–H groups in total. The number of aliphatic imine (C=N–C) groups is 1. The first kappa shape index (κ1) is 21.5. The van der Waals surface area contributed by atoms with Gasteiger partial charge in [0, 0.05) is 38.1 Å². The third kappa shape index (κ3) is 4.06. The Hall–Kier alpha value is -2.32. The lowest BCUT2D eigenvalue weighted by Crippen LogP contribution is -2.56. The summed E-state index contributed by atoms with van der Waals surface area (Å²) in [7, 11) is -1.95. The van der Waals surface area contributed by atoms with Gasteiger partial charge in [0.15, 0.2) is 0 Å². The highest BCUT2D eigenvalue weighted by Gasteiger charge is 2.37. The summed E-state index contributed by atoms with van der Waals surface area (Å²) >= 11 is 0. The van der Waals surface area contributed by atoms with Gasteiger partial charge in [-0.25, -0.2) is 12.7 Å².